The molecule has 1 aromatic carbocycles. The molecule has 0 saturated heterocycles. The number of fused-ring (bicyclic) bond motifs is 1. The summed E-state index contributed by atoms with van der Waals surface area (Å²) in [4.78, 5) is 11.0. The normalized spacial score (nSPS) is 11.1. The number of aryl methyl sites for hydroxylation is 1. The number of hydrogen-bond acceptors (Lipinski definition) is 4. The summed E-state index contributed by atoms with van der Waals surface area (Å²) < 4.78 is 4.08. The Morgan fingerprint density at radius 3 is 2.68 bits per heavy atom. The molecule has 0 aliphatic rings. The first-order valence-corrected chi connectivity index (χ1v) is 7.39. The Bertz CT molecular complexity index is 817. The molecule has 0 unspecified atom stereocenters. The van der Waals surface area contributed by atoms with Crippen LogP contribution in [0.15, 0.2) is 24.4 Å². The number of halogens is 1. The molecule has 2 aromatic heterocycles. The highest BCUT2D eigenvalue weighted by atomic mass is 35.5. The summed E-state index contributed by atoms with van der Waals surface area (Å²) in [6.07, 6.45) is 1.88. The zero-order chi connectivity index (χ0) is 15.9. The Morgan fingerprint density at radius 1 is 1.23 bits per heavy atom. The van der Waals surface area contributed by atoms with Crippen LogP contribution >= 0.6 is 11.6 Å². The van der Waals surface area contributed by atoms with E-state index in [1.165, 1.54) is 0 Å². The molecule has 0 bridgehead atoms. The van der Waals surface area contributed by atoms with E-state index in [-0.39, 0.29) is 0 Å². The Balaban J connectivity index is 1.84. The minimum atomic E-state index is 0.655. The van der Waals surface area contributed by atoms with Gasteiger partial charge in [0.1, 0.15) is 0 Å². The summed E-state index contributed by atoms with van der Waals surface area (Å²) in [7, 11) is 7.96. The summed E-state index contributed by atoms with van der Waals surface area (Å²) in [6, 6.07) is 5.72. The van der Waals surface area contributed by atoms with Crippen LogP contribution in [-0.4, -0.2) is 33.2 Å². The van der Waals surface area contributed by atoms with Crippen LogP contribution in [0.2, 0.25) is 5.02 Å². The summed E-state index contributed by atoms with van der Waals surface area (Å²) in [5.41, 5.74) is 3.02. The van der Waals surface area contributed by atoms with Gasteiger partial charge in [0, 0.05) is 33.2 Å². The van der Waals surface area contributed by atoms with Crippen LogP contribution in [0.4, 0.5) is 11.9 Å². The average Bonchev–Trinajstić information content (AvgIpc) is 2.97. The number of nitrogens with zero attached hydrogens (tertiary/aromatic N) is 5. The van der Waals surface area contributed by atoms with Crippen molar-refractivity contribution in [3.63, 3.8) is 0 Å². The first kappa shape index (κ1) is 14.7. The zero-order valence-corrected chi connectivity index (χ0v) is 13.9. The molecule has 7 heteroatoms. The highest BCUT2D eigenvalue weighted by Crippen LogP contribution is 2.22. The summed E-state index contributed by atoms with van der Waals surface area (Å²) in [5.74, 6) is 1.73. The maximum atomic E-state index is 6.02. The molecule has 0 amide bonds. The fraction of sp³-hybridized carbons (Fsp3) is 0.333. The van der Waals surface area contributed by atoms with Crippen molar-refractivity contribution in [1.29, 1.82) is 0 Å². The number of rotatable bonds is 4. The van der Waals surface area contributed by atoms with Crippen LogP contribution < -0.4 is 10.2 Å². The third kappa shape index (κ3) is 2.50. The first-order valence-electron chi connectivity index (χ1n) is 7.01. The number of benzene rings is 1. The topological polar surface area (TPSA) is 50.9 Å². The van der Waals surface area contributed by atoms with Crippen molar-refractivity contribution in [2.45, 2.75) is 6.54 Å². The van der Waals surface area contributed by atoms with Gasteiger partial charge in [-0.05, 0) is 18.2 Å². The van der Waals surface area contributed by atoms with Gasteiger partial charge in [-0.2, -0.15) is 0 Å². The lowest BCUT2D eigenvalue weighted by Crippen LogP contribution is -2.15. The minimum Gasteiger partial charge on any atom is -0.350 e. The Kier molecular flexibility index (Phi) is 3.70. The van der Waals surface area contributed by atoms with Crippen LogP contribution in [0, 0.1) is 0 Å². The van der Waals surface area contributed by atoms with E-state index in [9.17, 15) is 0 Å². The van der Waals surface area contributed by atoms with Crippen molar-refractivity contribution in [1.82, 2.24) is 19.1 Å². The smallest absolute Gasteiger partial charge is 0.204 e. The number of anilines is 2. The maximum Gasteiger partial charge on any atom is 0.204 e. The van der Waals surface area contributed by atoms with Crippen molar-refractivity contribution in [3.8, 4) is 0 Å². The summed E-state index contributed by atoms with van der Waals surface area (Å²) in [5, 5.41) is 4.05. The van der Waals surface area contributed by atoms with Gasteiger partial charge >= 0.3 is 0 Å². The Hall–Kier alpha value is -2.21. The molecule has 2 heterocycles. The molecule has 0 aliphatic heterocycles. The highest BCUT2D eigenvalue weighted by Gasteiger charge is 2.11. The van der Waals surface area contributed by atoms with Gasteiger partial charge in [-0.15, -0.1) is 0 Å². The van der Waals surface area contributed by atoms with E-state index in [1.807, 2.05) is 62.1 Å². The summed E-state index contributed by atoms with van der Waals surface area (Å²) >= 11 is 6.02. The predicted octanol–water partition coefficient (Wildman–Crippen LogP) is 2.64. The second-order valence-corrected chi connectivity index (χ2v) is 5.92. The van der Waals surface area contributed by atoms with Crippen LogP contribution in [0.3, 0.4) is 0 Å². The standard InChI is InChI=1S/C15H19ClN6/c1-20(2)15-18-9-11(21(15)3)8-17-14-19-12-7-10(16)5-6-13(12)22(14)4/h5-7,9H,8H2,1-4H3,(H,17,19). The number of imidazole rings is 2. The molecular formula is C15H19ClN6. The van der Waals surface area contributed by atoms with Crippen molar-refractivity contribution in [2.75, 3.05) is 24.3 Å². The lowest BCUT2D eigenvalue weighted by Gasteiger charge is -2.13. The van der Waals surface area contributed by atoms with Crippen molar-refractivity contribution >= 4 is 34.5 Å². The zero-order valence-electron chi connectivity index (χ0n) is 13.1. The fourth-order valence-corrected chi connectivity index (χ4v) is 2.68. The largest absolute Gasteiger partial charge is 0.350 e. The number of aromatic nitrogens is 4. The van der Waals surface area contributed by atoms with Crippen LogP contribution in [0.1, 0.15) is 5.69 Å². The SMILES string of the molecule is CN(C)c1ncc(CNc2nc3cc(Cl)ccc3n2C)n1C. The van der Waals surface area contributed by atoms with Gasteiger partial charge in [0.05, 0.1) is 29.5 Å². The molecular weight excluding hydrogens is 300 g/mol. The fourth-order valence-electron chi connectivity index (χ4n) is 2.51. The van der Waals surface area contributed by atoms with E-state index in [1.54, 1.807) is 0 Å². The van der Waals surface area contributed by atoms with Crippen LogP contribution in [-0.2, 0) is 20.6 Å². The molecule has 0 saturated carbocycles. The molecule has 3 aromatic rings. The van der Waals surface area contributed by atoms with Gasteiger partial charge in [0.15, 0.2) is 0 Å². The van der Waals surface area contributed by atoms with Crippen molar-refractivity contribution < 1.29 is 0 Å². The van der Waals surface area contributed by atoms with Crippen molar-refractivity contribution in [3.05, 3.63) is 35.1 Å². The van der Waals surface area contributed by atoms with E-state index in [2.05, 4.69) is 19.9 Å². The van der Waals surface area contributed by atoms with E-state index in [0.717, 1.165) is 28.6 Å². The molecule has 0 radical (unpaired) electrons. The van der Waals surface area contributed by atoms with Gasteiger partial charge in [0.25, 0.3) is 0 Å². The quantitative estimate of drug-likeness (QED) is 0.803. The summed E-state index contributed by atoms with van der Waals surface area (Å²) in [6.45, 7) is 0.655. The Labute approximate surface area is 134 Å². The molecule has 0 spiro atoms. The number of hydrogen-bond donors (Lipinski definition) is 1. The van der Waals surface area contributed by atoms with Crippen molar-refractivity contribution in [2.24, 2.45) is 14.1 Å². The molecule has 22 heavy (non-hydrogen) atoms. The van der Waals surface area contributed by atoms with Gasteiger partial charge in [-0.3, -0.25) is 0 Å². The lowest BCUT2D eigenvalue weighted by molar-refractivity contribution is 0.806. The monoisotopic (exact) mass is 318 g/mol. The molecule has 6 nitrogen and oxygen atoms in total. The van der Waals surface area contributed by atoms with E-state index in [4.69, 9.17) is 11.6 Å². The van der Waals surface area contributed by atoms with Crippen LogP contribution in [0.25, 0.3) is 11.0 Å². The maximum absolute atomic E-state index is 6.02. The number of nitrogens with one attached hydrogen (secondary N) is 1. The molecule has 0 atom stereocenters. The predicted molar refractivity (Wildman–Crippen MR) is 90.6 cm³/mol. The van der Waals surface area contributed by atoms with Gasteiger partial charge in [-0.1, -0.05) is 11.6 Å². The third-order valence-corrected chi connectivity index (χ3v) is 3.97. The highest BCUT2D eigenvalue weighted by molar-refractivity contribution is 6.31. The minimum absolute atomic E-state index is 0.655. The van der Waals surface area contributed by atoms with Gasteiger partial charge < -0.3 is 19.4 Å². The van der Waals surface area contributed by atoms with E-state index < -0.39 is 0 Å². The van der Waals surface area contributed by atoms with Gasteiger partial charge in [-0.25, -0.2) is 9.97 Å². The molecule has 0 fully saturated rings. The molecule has 116 valence electrons. The second kappa shape index (κ2) is 5.53. The van der Waals surface area contributed by atoms with E-state index >= 15 is 0 Å². The molecule has 1 N–H and O–H groups in total. The van der Waals surface area contributed by atoms with Crippen LogP contribution in [0.5, 0.6) is 0 Å². The third-order valence-electron chi connectivity index (χ3n) is 3.73. The van der Waals surface area contributed by atoms with E-state index in [0.29, 0.717) is 11.6 Å². The first-order chi connectivity index (χ1) is 10.5. The average molecular weight is 319 g/mol. The second-order valence-electron chi connectivity index (χ2n) is 5.48. The lowest BCUT2D eigenvalue weighted by atomic mass is 10.3. The Morgan fingerprint density at radius 2 is 2.00 bits per heavy atom. The molecule has 3 rings (SSSR count). The molecule has 0 aliphatic carbocycles. The van der Waals surface area contributed by atoms with Gasteiger partial charge in [0.2, 0.25) is 11.9 Å².